The van der Waals surface area contributed by atoms with Crippen LogP contribution < -0.4 is 5.73 Å². The lowest BCUT2D eigenvalue weighted by Gasteiger charge is -2.13. The van der Waals surface area contributed by atoms with E-state index in [0.717, 1.165) is 16.8 Å². The molecule has 0 saturated carbocycles. The van der Waals surface area contributed by atoms with Crippen molar-refractivity contribution in [2.75, 3.05) is 0 Å². The first kappa shape index (κ1) is 12.1. The molecule has 0 spiro atoms. The molecule has 0 aromatic carbocycles. The summed E-state index contributed by atoms with van der Waals surface area (Å²) in [6, 6.07) is -0.378. The van der Waals surface area contributed by atoms with Gasteiger partial charge in [-0.3, -0.25) is 9.67 Å². The SMILES string of the molecule is CCn1ncc(Cl)c1C(N)c1cnn2ccncc12. The highest BCUT2D eigenvalue weighted by molar-refractivity contribution is 6.31. The van der Waals surface area contributed by atoms with Crippen molar-refractivity contribution >= 4 is 17.1 Å². The summed E-state index contributed by atoms with van der Waals surface area (Å²) in [5, 5.41) is 9.03. The lowest BCUT2D eigenvalue weighted by Crippen LogP contribution is -2.17. The maximum atomic E-state index is 6.32. The van der Waals surface area contributed by atoms with Crippen LogP contribution in [0.5, 0.6) is 0 Å². The van der Waals surface area contributed by atoms with Crippen LogP contribution in [0.4, 0.5) is 0 Å². The molecule has 3 aromatic heterocycles. The Hall–Kier alpha value is -1.92. The molecule has 0 aliphatic carbocycles. The van der Waals surface area contributed by atoms with Crippen molar-refractivity contribution in [3.8, 4) is 0 Å². The normalized spacial score (nSPS) is 13.0. The fourth-order valence-electron chi connectivity index (χ4n) is 2.17. The van der Waals surface area contributed by atoms with E-state index >= 15 is 0 Å². The molecule has 19 heavy (non-hydrogen) atoms. The minimum absolute atomic E-state index is 0.378. The topological polar surface area (TPSA) is 74.0 Å². The lowest BCUT2D eigenvalue weighted by molar-refractivity contribution is 0.602. The molecule has 0 aliphatic heterocycles. The third-order valence-electron chi connectivity index (χ3n) is 3.12. The highest BCUT2D eigenvalue weighted by atomic mass is 35.5. The van der Waals surface area contributed by atoms with E-state index in [4.69, 9.17) is 17.3 Å². The van der Waals surface area contributed by atoms with Crippen LogP contribution in [-0.2, 0) is 6.54 Å². The standard InChI is InChI=1S/C12H13ClN6/c1-2-18-12(9(13)6-17-18)11(14)8-5-16-19-4-3-15-7-10(8)19/h3-7,11H,2,14H2,1H3. The maximum absolute atomic E-state index is 6.32. The summed E-state index contributed by atoms with van der Waals surface area (Å²) in [5.74, 6) is 0. The Labute approximate surface area is 114 Å². The van der Waals surface area contributed by atoms with Crippen LogP contribution in [0.2, 0.25) is 5.02 Å². The summed E-state index contributed by atoms with van der Waals surface area (Å²) in [6.45, 7) is 2.71. The summed E-state index contributed by atoms with van der Waals surface area (Å²) >= 11 is 6.18. The monoisotopic (exact) mass is 276 g/mol. The van der Waals surface area contributed by atoms with Crippen molar-refractivity contribution in [2.45, 2.75) is 19.5 Å². The number of nitrogens with two attached hydrogens (primary N) is 1. The number of nitrogens with zero attached hydrogens (tertiary/aromatic N) is 5. The number of fused-ring (bicyclic) bond motifs is 1. The molecule has 0 fully saturated rings. The Morgan fingerprint density at radius 3 is 2.95 bits per heavy atom. The molecule has 1 atom stereocenters. The van der Waals surface area contributed by atoms with Gasteiger partial charge >= 0.3 is 0 Å². The average Bonchev–Trinajstić information content (AvgIpc) is 3.01. The summed E-state index contributed by atoms with van der Waals surface area (Å²) in [7, 11) is 0. The van der Waals surface area contributed by atoms with E-state index in [1.165, 1.54) is 0 Å². The predicted molar refractivity (Wildman–Crippen MR) is 71.9 cm³/mol. The zero-order valence-corrected chi connectivity index (χ0v) is 11.1. The second-order valence-corrected chi connectivity index (χ2v) is 4.58. The molecule has 0 bridgehead atoms. The van der Waals surface area contributed by atoms with Crippen LogP contribution >= 0.6 is 11.6 Å². The van der Waals surface area contributed by atoms with Crippen molar-refractivity contribution in [3.63, 3.8) is 0 Å². The molecule has 98 valence electrons. The van der Waals surface area contributed by atoms with Gasteiger partial charge in [0.1, 0.15) is 0 Å². The van der Waals surface area contributed by atoms with Crippen molar-refractivity contribution in [1.82, 2.24) is 24.4 Å². The fourth-order valence-corrected chi connectivity index (χ4v) is 2.43. The third-order valence-corrected chi connectivity index (χ3v) is 3.41. The van der Waals surface area contributed by atoms with Crippen LogP contribution in [0.1, 0.15) is 24.2 Å². The molecule has 0 aliphatic rings. The molecular weight excluding hydrogens is 264 g/mol. The van der Waals surface area contributed by atoms with Gasteiger partial charge in [-0.2, -0.15) is 10.2 Å². The number of hydrogen-bond acceptors (Lipinski definition) is 4. The number of rotatable bonds is 3. The molecule has 6 nitrogen and oxygen atoms in total. The predicted octanol–water partition coefficient (Wildman–Crippen LogP) is 1.65. The van der Waals surface area contributed by atoms with Gasteiger partial charge in [0.15, 0.2) is 0 Å². The number of hydrogen-bond donors (Lipinski definition) is 1. The highest BCUT2D eigenvalue weighted by Gasteiger charge is 2.21. The minimum Gasteiger partial charge on any atom is -0.319 e. The second-order valence-electron chi connectivity index (χ2n) is 4.18. The first-order valence-electron chi connectivity index (χ1n) is 5.96. The van der Waals surface area contributed by atoms with E-state index in [1.54, 1.807) is 40.2 Å². The first-order valence-corrected chi connectivity index (χ1v) is 6.34. The van der Waals surface area contributed by atoms with Gasteiger partial charge in [0.2, 0.25) is 0 Å². The van der Waals surface area contributed by atoms with E-state index in [-0.39, 0.29) is 6.04 Å². The number of halogens is 1. The minimum atomic E-state index is -0.378. The van der Waals surface area contributed by atoms with Crippen LogP contribution in [-0.4, -0.2) is 24.4 Å². The molecule has 0 radical (unpaired) electrons. The Morgan fingerprint density at radius 2 is 2.16 bits per heavy atom. The first-order chi connectivity index (χ1) is 9.22. The van der Waals surface area contributed by atoms with Gasteiger partial charge in [-0.05, 0) is 6.92 Å². The van der Waals surface area contributed by atoms with Gasteiger partial charge in [-0.1, -0.05) is 11.6 Å². The van der Waals surface area contributed by atoms with Crippen molar-refractivity contribution in [2.24, 2.45) is 5.73 Å². The molecule has 7 heteroatoms. The molecule has 0 amide bonds. The zero-order valence-electron chi connectivity index (χ0n) is 10.4. The molecule has 3 rings (SSSR count). The lowest BCUT2D eigenvalue weighted by atomic mass is 10.1. The van der Waals surface area contributed by atoms with Crippen LogP contribution in [0.15, 0.2) is 31.0 Å². The Morgan fingerprint density at radius 1 is 1.32 bits per heavy atom. The molecule has 3 heterocycles. The largest absolute Gasteiger partial charge is 0.319 e. The van der Waals surface area contributed by atoms with Gasteiger partial charge in [0, 0.05) is 24.5 Å². The van der Waals surface area contributed by atoms with Gasteiger partial charge in [-0.25, -0.2) is 4.52 Å². The van der Waals surface area contributed by atoms with Crippen LogP contribution in [0.3, 0.4) is 0 Å². The molecule has 3 aromatic rings. The molecule has 0 saturated heterocycles. The van der Waals surface area contributed by atoms with E-state index in [1.807, 2.05) is 6.92 Å². The number of aromatic nitrogens is 5. The average molecular weight is 277 g/mol. The van der Waals surface area contributed by atoms with Crippen molar-refractivity contribution in [3.05, 3.63) is 47.3 Å². The van der Waals surface area contributed by atoms with Crippen LogP contribution in [0.25, 0.3) is 5.52 Å². The number of aryl methyl sites for hydroxylation is 1. The summed E-state index contributed by atoms with van der Waals surface area (Å²) in [6.07, 6.45) is 8.56. The quantitative estimate of drug-likeness (QED) is 0.789. The van der Waals surface area contributed by atoms with Crippen molar-refractivity contribution < 1.29 is 0 Å². The Kier molecular flexibility index (Phi) is 2.96. The fraction of sp³-hybridized carbons (Fsp3) is 0.250. The van der Waals surface area contributed by atoms with Gasteiger partial charge in [0.25, 0.3) is 0 Å². The summed E-state index contributed by atoms with van der Waals surface area (Å²) in [4.78, 5) is 4.10. The zero-order chi connectivity index (χ0) is 13.4. The van der Waals surface area contributed by atoms with Crippen LogP contribution in [0, 0.1) is 0 Å². The van der Waals surface area contributed by atoms with Crippen molar-refractivity contribution in [1.29, 1.82) is 0 Å². The molecule has 2 N–H and O–H groups in total. The maximum Gasteiger partial charge on any atom is 0.0896 e. The second kappa shape index (κ2) is 4.64. The van der Waals surface area contributed by atoms with E-state index < -0.39 is 0 Å². The third kappa shape index (κ3) is 1.89. The van der Waals surface area contributed by atoms with E-state index in [9.17, 15) is 0 Å². The smallest absolute Gasteiger partial charge is 0.0896 e. The summed E-state index contributed by atoms with van der Waals surface area (Å²) < 4.78 is 3.54. The summed E-state index contributed by atoms with van der Waals surface area (Å²) in [5.41, 5.74) is 8.87. The van der Waals surface area contributed by atoms with Gasteiger partial charge in [0.05, 0.1) is 40.9 Å². The Balaban J connectivity index is 2.13. The van der Waals surface area contributed by atoms with E-state index in [2.05, 4.69) is 15.2 Å². The Bertz CT molecular complexity index is 716. The highest BCUT2D eigenvalue weighted by Crippen LogP contribution is 2.28. The molecular formula is C12H13ClN6. The molecule has 1 unspecified atom stereocenters. The van der Waals surface area contributed by atoms with Gasteiger partial charge in [-0.15, -0.1) is 0 Å². The van der Waals surface area contributed by atoms with E-state index in [0.29, 0.717) is 11.6 Å². The van der Waals surface area contributed by atoms with Gasteiger partial charge < -0.3 is 5.73 Å².